The Hall–Kier alpha value is -1.86. The van der Waals surface area contributed by atoms with Crippen LogP contribution in [-0.2, 0) is 4.79 Å². The highest BCUT2D eigenvalue weighted by Crippen LogP contribution is 2.14. The molecule has 0 aliphatic heterocycles. The van der Waals surface area contributed by atoms with Gasteiger partial charge in [-0.1, -0.05) is 35.9 Å². The van der Waals surface area contributed by atoms with Crippen LogP contribution in [0.25, 0.3) is 6.08 Å². The predicted molar refractivity (Wildman–Crippen MR) is 105 cm³/mol. The lowest BCUT2D eigenvalue weighted by atomic mass is 10.1. The van der Waals surface area contributed by atoms with E-state index < -0.39 is 0 Å². The van der Waals surface area contributed by atoms with Crippen molar-refractivity contribution in [2.24, 2.45) is 0 Å². The van der Waals surface area contributed by atoms with Crippen molar-refractivity contribution in [3.8, 4) is 0 Å². The zero-order chi connectivity index (χ0) is 17.5. The molecule has 0 atom stereocenters. The second-order valence-electron chi connectivity index (χ2n) is 4.90. The molecule has 2 rings (SSSR count). The standard InChI is InChI=1S/C18H16ClIN2O2/c1-2-21-18(24)16(11-12-7-9-13(19)10-8-12)22-17(23)14-5-3-4-6-15(14)20/h3-11H,2H2,1H3,(H,21,24)(H,22,23)/b16-11+. The van der Waals surface area contributed by atoms with Gasteiger partial charge in [0, 0.05) is 15.1 Å². The van der Waals surface area contributed by atoms with Crippen LogP contribution in [0.4, 0.5) is 0 Å². The molecule has 2 N–H and O–H groups in total. The summed E-state index contributed by atoms with van der Waals surface area (Å²) in [7, 11) is 0. The molecular weight excluding hydrogens is 439 g/mol. The first-order valence-corrected chi connectivity index (χ1v) is 8.78. The Labute approximate surface area is 159 Å². The number of halogens is 2. The summed E-state index contributed by atoms with van der Waals surface area (Å²) < 4.78 is 0.814. The van der Waals surface area contributed by atoms with E-state index in [1.54, 1.807) is 42.5 Å². The fraction of sp³-hybridized carbons (Fsp3) is 0.111. The van der Waals surface area contributed by atoms with Gasteiger partial charge in [0.1, 0.15) is 5.70 Å². The van der Waals surface area contributed by atoms with Crippen molar-refractivity contribution in [3.05, 3.63) is 73.9 Å². The molecule has 0 aliphatic rings. The third-order valence-electron chi connectivity index (χ3n) is 3.13. The quantitative estimate of drug-likeness (QED) is 0.533. The molecule has 0 heterocycles. The lowest BCUT2D eigenvalue weighted by Gasteiger charge is -2.11. The van der Waals surface area contributed by atoms with Crippen molar-refractivity contribution in [1.82, 2.24) is 10.6 Å². The van der Waals surface area contributed by atoms with Crippen LogP contribution in [0.5, 0.6) is 0 Å². The van der Waals surface area contributed by atoms with E-state index >= 15 is 0 Å². The Morgan fingerprint density at radius 2 is 1.79 bits per heavy atom. The zero-order valence-electron chi connectivity index (χ0n) is 13.0. The molecule has 124 valence electrons. The van der Waals surface area contributed by atoms with E-state index in [0.29, 0.717) is 17.1 Å². The highest BCUT2D eigenvalue weighted by Gasteiger charge is 2.15. The number of carbonyl (C=O) groups is 2. The first-order valence-electron chi connectivity index (χ1n) is 7.32. The molecule has 24 heavy (non-hydrogen) atoms. The summed E-state index contributed by atoms with van der Waals surface area (Å²) >= 11 is 7.96. The van der Waals surface area contributed by atoms with E-state index in [2.05, 4.69) is 33.2 Å². The maximum absolute atomic E-state index is 12.5. The lowest BCUT2D eigenvalue weighted by molar-refractivity contribution is -0.117. The molecule has 2 aromatic carbocycles. The van der Waals surface area contributed by atoms with Crippen LogP contribution < -0.4 is 10.6 Å². The Morgan fingerprint density at radius 1 is 1.12 bits per heavy atom. The van der Waals surface area contributed by atoms with Crippen LogP contribution in [0.2, 0.25) is 5.02 Å². The number of amides is 2. The predicted octanol–water partition coefficient (Wildman–Crippen LogP) is 3.85. The smallest absolute Gasteiger partial charge is 0.267 e. The second-order valence-corrected chi connectivity index (χ2v) is 6.50. The Kier molecular flexibility index (Phi) is 6.81. The molecule has 0 radical (unpaired) electrons. The number of nitrogens with one attached hydrogen (secondary N) is 2. The van der Waals surface area contributed by atoms with Crippen molar-refractivity contribution >= 4 is 52.1 Å². The number of rotatable bonds is 5. The van der Waals surface area contributed by atoms with Crippen LogP contribution in [0.3, 0.4) is 0 Å². The number of hydrogen-bond donors (Lipinski definition) is 2. The van der Waals surface area contributed by atoms with Gasteiger partial charge in [-0.15, -0.1) is 0 Å². The molecule has 0 aliphatic carbocycles. The first-order chi connectivity index (χ1) is 11.5. The molecule has 0 aromatic heterocycles. The summed E-state index contributed by atoms with van der Waals surface area (Å²) in [4.78, 5) is 24.7. The van der Waals surface area contributed by atoms with E-state index in [9.17, 15) is 9.59 Å². The summed E-state index contributed by atoms with van der Waals surface area (Å²) in [6.07, 6.45) is 1.62. The lowest BCUT2D eigenvalue weighted by Crippen LogP contribution is -2.35. The van der Waals surface area contributed by atoms with E-state index in [-0.39, 0.29) is 17.5 Å². The molecule has 0 bridgehead atoms. The van der Waals surface area contributed by atoms with Crippen LogP contribution in [0.1, 0.15) is 22.8 Å². The van der Waals surface area contributed by atoms with Crippen LogP contribution >= 0.6 is 34.2 Å². The van der Waals surface area contributed by atoms with Gasteiger partial charge in [0.25, 0.3) is 11.8 Å². The summed E-state index contributed by atoms with van der Waals surface area (Å²) in [6.45, 7) is 2.29. The summed E-state index contributed by atoms with van der Waals surface area (Å²) in [6, 6.07) is 14.2. The van der Waals surface area contributed by atoms with E-state index in [0.717, 1.165) is 9.13 Å². The minimum atomic E-state index is -0.341. The molecule has 2 aromatic rings. The van der Waals surface area contributed by atoms with Crippen molar-refractivity contribution in [3.63, 3.8) is 0 Å². The van der Waals surface area contributed by atoms with Crippen LogP contribution in [0.15, 0.2) is 54.2 Å². The van der Waals surface area contributed by atoms with Gasteiger partial charge >= 0.3 is 0 Å². The highest BCUT2D eigenvalue weighted by molar-refractivity contribution is 14.1. The zero-order valence-corrected chi connectivity index (χ0v) is 15.9. The average molecular weight is 455 g/mol. The SMILES string of the molecule is CCNC(=O)/C(=C\c1ccc(Cl)cc1)NC(=O)c1ccccc1I. The maximum atomic E-state index is 12.5. The fourth-order valence-electron chi connectivity index (χ4n) is 1.97. The number of likely N-dealkylation sites (N-methyl/N-ethyl adjacent to an activating group) is 1. The second kappa shape index (κ2) is 8.84. The monoisotopic (exact) mass is 454 g/mol. The molecule has 0 fully saturated rings. The topological polar surface area (TPSA) is 58.2 Å². The average Bonchev–Trinajstić information content (AvgIpc) is 2.56. The Balaban J connectivity index is 2.29. The molecular formula is C18H16ClIN2O2. The van der Waals surface area contributed by atoms with Gasteiger partial charge in [0.15, 0.2) is 0 Å². The van der Waals surface area contributed by atoms with Gasteiger partial charge in [0.05, 0.1) is 5.56 Å². The highest BCUT2D eigenvalue weighted by atomic mass is 127. The minimum absolute atomic E-state index is 0.184. The molecule has 0 spiro atoms. The molecule has 0 saturated carbocycles. The fourth-order valence-corrected chi connectivity index (χ4v) is 2.73. The van der Waals surface area contributed by atoms with Gasteiger partial charge in [0.2, 0.25) is 0 Å². The third kappa shape index (κ3) is 5.07. The molecule has 2 amide bonds. The first kappa shape index (κ1) is 18.5. The molecule has 0 saturated heterocycles. The van der Waals surface area contributed by atoms with E-state index in [1.165, 1.54) is 0 Å². The number of carbonyl (C=O) groups excluding carboxylic acids is 2. The maximum Gasteiger partial charge on any atom is 0.267 e. The van der Waals surface area contributed by atoms with Gasteiger partial charge in [-0.25, -0.2) is 0 Å². The van der Waals surface area contributed by atoms with E-state index in [1.807, 2.05) is 19.1 Å². The van der Waals surface area contributed by atoms with E-state index in [4.69, 9.17) is 11.6 Å². The van der Waals surface area contributed by atoms with Crippen molar-refractivity contribution in [1.29, 1.82) is 0 Å². The summed E-state index contributed by atoms with van der Waals surface area (Å²) in [5.41, 5.74) is 1.47. The molecule has 4 nitrogen and oxygen atoms in total. The molecule has 6 heteroatoms. The van der Waals surface area contributed by atoms with Gasteiger partial charge < -0.3 is 10.6 Å². The molecule has 0 unspecified atom stereocenters. The van der Waals surface area contributed by atoms with Crippen LogP contribution in [-0.4, -0.2) is 18.4 Å². The summed E-state index contributed by atoms with van der Waals surface area (Å²) in [5, 5.41) is 6.00. The van der Waals surface area contributed by atoms with Crippen LogP contribution in [0, 0.1) is 3.57 Å². The third-order valence-corrected chi connectivity index (χ3v) is 4.32. The number of hydrogen-bond acceptors (Lipinski definition) is 2. The number of benzene rings is 2. The summed E-state index contributed by atoms with van der Waals surface area (Å²) in [5.74, 6) is -0.668. The minimum Gasteiger partial charge on any atom is -0.351 e. The van der Waals surface area contributed by atoms with Crippen molar-refractivity contribution in [2.45, 2.75) is 6.92 Å². The Morgan fingerprint density at radius 3 is 2.42 bits per heavy atom. The van der Waals surface area contributed by atoms with Gasteiger partial charge in [-0.3, -0.25) is 9.59 Å². The van der Waals surface area contributed by atoms with Gasteiger partial charge in [-0.05, 0) is 65.4 Å². The van der Waals surface area contributed by atoms with Crippen molar-refractivity contribution < 1.29 is 9.59 Å². The largest absolute Gasteiger partial charge is 0.351 e. The normalized spacial score (nSPS) is 11.0. The van der Waals surface area contributed by atoms with Gasteiger partial charge in [-0.2, -0.15) is 0 Å². The van der Waals surface area contributed by atoms with Crippen molar-refractivity contribution in [2.75, 3.05) is 6.54 Å². The Bertz CT molecular complexity index is 773.